The molecule has 4 aromatic rings. The Balaban J connectivity index is 1.44. The molecule has 0 bridgehead atoms. The van der Waals surface area contributed by atoms with Gasteiger partial charge in [-0.05, 0) is 49.7 Å². The number of hydrogen-bond acceptors (Lipinski definition) is 13. The number of aliphatic hydroxyl groups excluding tert-OH is 1. The predicted octanol–water partition coefficient (Wildman–Crippen LogP) is -0.0191. The van der Waals surface area contributed by atoms with Gasteiger partial charge in [-0.2, -0.15) is 32.9 Å². The summed E-state index contributed by atoms with van der Waals surface area (Å²) in [6.07, 6.45) is 2.29. The second-order valence-electron chi connectivity index (χ2n) is 11.1. The number of sulfonamides is 1. The van der Waals surface area contributed by atoms with E-state index in [2.05, 4.69) is 25.6 Å². The van der Waals surface area contributed by atoms with Crippen molar-refractivity contribution in [3.05, 3.63) is 54.7 Å². The van der Waals surface area contributed by atoms with Crippen LogP contribution in [0.1, 0.15) is 12.8 Å². The highest BCUT2D eigenvalue weighted by molar-refractivity contribution is 7.92. The standard InChI is InChI=1S/C27H36N12O3S/c28-12-18-14-37(9-8-24(18)40)26-32-25(33-27(34-26)38-15-19(29)10-20(30)16-38)36-39(43(41,42)22-4-2-1-3-5-22)21-7-6-17-13-31-35-23(17)11-21/h1-7,11,13,18-20,24,40H,8-10,12,14-16,28-30H2,(H,31,35)(H,32,33,34,36)/t18-,19+,20+,24+/m1/s1. The number of aromatic amines is 1. The number of anilines is 4. The fourth-order valence-corrected chi connectivity index (χ4v) is 6.87. The summed E-state index contributed by atoms with van der Waals surface area (Å²) in [4.78, 5) is 18.0. The van der Waals surface area contributed by atoms with Crippen LogP contribution >= 0.6 is 0 Å². The minimum atomic E-state index is -4.15. The van der Waals surface area contributed by atoms with Gasteiger partial charge in [0.1, 0.15) is 0 Å². The van der Waals surface area contributed by atoms with Crippen molar-refractivity contribution in [3.63, 3.8) is 0 Å². The molecule has 0 spiro atoms. The summed E-state index contributed by atoms with van der Waals surface area (Å²) in [6, 6.07) is 12.9. The lowest BCUT2D eigenvalue weighted by Crippen LogP contribution is -2.53. The van der Waals surface area contributed by atoms with Crippen molar-refractivity contribution < 1.29 is 13.5 Å². The number of rotatable bonds is 8. The van der Waals surface area contributed by atoms with Gasteiger partial charge in [-0.25, -0.2) is 0 Å². The number of fused-ring (bicyclic) bond motifs is 1. The lowest BCUT2D eigenvalue weighted by Gasteiger charge is -2.37. The maximum Gasteiger partial charge on any atom is 0.281 e. The zero-order valence-electron chi connectivity index (χ0n) is 23.5. The van der Waals surface area contributed by atoms with Crippen LogP contribution in [0.3, 0.4) is 0 Å². The largest absolute Gasteiger partial charge is 0.393 e. The molecule has 4 atom stereocenters. The normalized spacial score (nSPS) is 23.0. The SMILES string of the molecule is NC[C@@H]1CN(c2nc(NN(c3ccc4cn[nH]c4c3)S(=O)(=O)c3ccccc3)nc(N3C[C@@H](N)C[C@H](N)C3)n2)CC[C@@H]1O. The van der Waals surface area contributed by atoms with Gasteiger partial charge in [-0.3, -0.25) is 10.5 Å². The van der Waals surface area contributed by atoms with Crippen LogP contribution in [0, 0.1) is 5.92 Å². The molecule has 4 heterocycles. The fourth-order valence-electron chi connectivity index (χ4n) is 5.57. The first-order chi connectivity index (χ1) is 20.7. The molecular formula is C27H36N12O3S. The maximum atomic E-state index is 14.1. The van der Waals surface area contributed by atoms with Crippen LogP contribution in [-0.4, -0.2) is 89.6 Å². The second kappa shape index (κ2) is 11.9. The molecular weight excluding hydrogens is 572 g/mol. The molecule has 6 rings (SSSR count). The van der Waals surface area contributed by atoms with Crippen molar-refractivity contribution in [1.82, 2.24) is 25.1 Å². The van der Waals surface area contributed by atoms with Crippen molar-refractivity contribution in [2.75, 3.05) is 52.4 Å². The van der Waals surface area contributed by atoms with E-state index in [1.54, 1.807) is 42.6 Å². The Morgan fingerprint density at radius 3 is 2.44 bits per heavy atom. The third-order valence-electron chi connectivity index (χ3n) is 7.83. The molecule has 2 fully saturated rings. The fraction of sp³-hybridized carbons (Fsp3) is 0.407. The quantitative estimate of drug-likeness (QED) is 0.145. The molecule has 2 aliphatic heterocycles. The molecule has 2 aliphatic rings. The molecule has 15 nitrogen and oxygen atoms in total. The highest BCUT2D eigenvalue weighted by Gasteiger charge is 2.32. The van der Waals surface area contributed by atoms with Crippen molar-refractivity contribution >= 4 is 44.5 Å². The molecule has 228 valence electrons. The van der Waals surface area contributed by atoms with Crippen LogP contribution in [0.2, 0.25) is 0 Å². The number of aromatic nitrogens is 5. The van der Waals surface area contributed by atoms with Crippen molar-refractivity contribution in [2.24, 2.45) is 23.1 Å². The van der Waals surface area contributed by atoms with Gasteiger partial charge in [0, 0.05) is 49.6 Å². The van der Waals surface area contributed by atoms with Crippen LogP contribution in [0.5, 0.6) is 0 Å². The summed E-state index contributed by atoms with van der Waals surface area (Å²) in [5.74, 6) is 0.479. The molecule has 43 heavy (non-hydrogen) atoms. The number of nitrogens with one attached hydrogen (secondary N) is 2. The van der Waals surface area contributed by atoms with Gasteiger partial charge in [-0.1, -0.05) is 18.2 Å². The molecule has 0 unspecified atom stereocenters. The number of nitrogens with two attached hydrogens (primary N) is 3. The molecule has 9 N–H and O–H groups in total. The topological polar surface area (TPSA) is 222 Å². The number of H-pyrrole nitrogens is 1. The van der Waals surface area contributed by atoms with Gasteiger partial charge in [0.25, 0.3) is 10.0 Å². The van der Waals surface area contributed by atoms with Crippen LogP contribution in [0.4, 0.5) is 23.5 Å². The van der Waals surface area contributed by atoms with E-state index < -0.39 is 16.1 Å². The number of piperidine rings is 2. The van der Waals surface area contributed by atoms with Crippen LogP contribution in [0.25, 0.3) is 10.9 Å². The minimum absolute atomic E-state index is 0.00681. The zero-order chi connectivity index (χ0) is 30.1. The lowest BCUT2D eigenvalue weighted by atomic mass is 9.95. The molecule has 16 heteroatoms. The van der Waals surface area contributed by atoms with E-state index in [1.807, 2.05) is 9.80 Å². The molecule has 2 aromatic heterocycles. The van der Waals surface area contributed by atoms with E-state index in [0.29, 0.717) is 68.7 Å². The summed E-state index contributed by atoms with van der Waals surface area (Å²) >= 11 is 0. The minimum Gasteiger partial charge on any atom is -0.393 e. The maximum absolute atomic E-state index is 14.1. The Bertz CT molecular complexity index is 1660. The summed E-state index contributed by atoms with van der Waals surface area (Å²) in [6.45, 7) is 2.17. The number of hydrogen-bond donors (Lipinski definition) is 6. The van der Waals surface area contributed by atoms with Crippen LogP contribution in [-0.2, 0) is 10.0 Å². The lowest BCUT2D eigenvalue weighted by molar-refractivity contribution is 0.0917. The average molecular weight is 609 g/mol. The number of nitrogens with zero attached hydrogens (tertiary/aromatic N) is 7. The number of hydrazine groups is 1. The zero-order valence-corrected chi connectivity index (χ0v) is 24.3. The van der Waals surface area contributed by atoms with E-state index >= 15 is 0 Å². The van der Waals surface area contributed by atoms with Gasteiger partial charge in [0.05, 0.1) is 28.4 Å². The first-order valence-electron chi connectivity index (χ1n) is 14.2. The molecule has 0 aliphatic carbocycles. The van der Waals surface area contributed by atoms with Crippen molar-refractivity contribution in [3.8, 4) is 0 Å². The van der Waals surface area contributed by atoms with E-state index in [-0.39, 0.29) is 28.8 Å². The van der Waals surface area contributed by atoms with Gasteiger partial charge >= 0.3 is 0 Å². The Hall–Kier alpha value is -4.09. The highest BCUT2D eigenvalue weighted by atomic mass is 32.2. The summed E-state index contributed by atoms with van der Waals surface area (Å²) in [7, 11) is -4.15. The third kappa shape index (κ3) is 6.05. The monoisotopic (exact) mass is 608 g/mol. The van der Waals surface area contributed by atoms with Gasteiger partial charge in [0.15, 0.2) is 0 Å². The number of benzene rings is 2. The van der Waals surface area contributed by atoms with Gasteiger partial charge in [0.2, 0.25) is 17.8 Å². The van der Waals surface area contributed by atoms with Crippen molar-refractivity contribution in [2.45, 2.75) is 35.9 Å². The second-order valence-corrected chi connectivity index (χ2v) is 12.8. The summed E-state index contributed by atoms with van der Waals surface area (Å²) < 4.78 is 29.2. The molecule has 2 saturated heterocycles. The van der Waals surface area contributed by atoms with E-state index in [9.17, 15) is 13.5 Å². The van der Waals surface area contributed by atoms with Crippen LogP contribution < -0.4 is 36.8 Å². The van der Waals surface area contributed by atoms with Gasteiger partial charge in [-0.15, -0.1) is 0 Å². The van der Waals surface area contributed by atoms with Gasteiger partial charge < -0.3 is 32.1 Å². The predicted molar refractivity (Wildman–Crippen MR) is 164 cm³/mol. The average Bonchev–Trinajstić information content (AvgIpc) is 3.48. The summed E-state index contributed by atoms with van der Waals surface area (Å²) in [5, 5.41) is 18.2. The Morgan fingerprint density at radius 1 is 1.00 bits per heavy atom. The van der Waals surface area contributed by atoms with E-state index in [0.717, 1.165) is 9.80 Å². The smallest absolute Gasteiger partial charge is 0.281 e. The molecule has 0 amide bonds. The summed E-state index contributed by atoms with van der Waals surface area (Å²) in [5.41, 5.74) is 22.4. The molecule has 0 saturated carbocycles. The Morgan fingerprint density at radius 2 is 1.72 bits per heavy atom. The van der Waals surface area contributed by atoms with E-state index in [4.69, 9.17) is 22.2 Å². The van der Waals surface area contributed by atoms with Crippen LogP contribution in [0.15, 0.2) is 59.6 Å². The molecule has 2 aromatic carbocycles. The highest BCUT2D eigenvalue weighted by Crippen LogP contribution is 2.29. The Kier molecular flexibility index (Phi) is 8.02. The molecule has 0 radical (unpaired) electrons. The first kappa shape index (κ1) is 29.0. The first-order valence-corrected chi connectivity index (χ1v) is 15.6. The van der Waals surface area contributed by atoms with Crippen molar-refractivity contribution in [1.29, 1.82) is 0 Å². The van der Waals surface area contributed by atoms with E-state index in [1.165, 1.54) is 12.1 Å². The third-order valence-corrected chi connectivity index (χ3v) is 9.48. The Labute approximate surface area is 249 Å². The number of aliphatic hydroxyl groups is 1.